The van der Waals surface area contributed by atoms with E-state index in [1.807, 2.05) is 19.1 Å². The molecule has 0 radical (unpaired) electrons. The van der Waals surface area contributed by atoms with Gasteiger partial charge in [0.2, 0.25) is 5.88 Å². The lowest BCUT2D eigenvalue weighted by molar-refractivity contribution is -0.137. The molecule has 1 aliphatic rings. The van der Waals surface area contributed by atoms with Crippen LogP contribution in [0.25, 0.3) is 0 Å². The van der Waals surface area contributed by atoms with Gasteiger partial charge in [0.25, 0.3) is 5.91 Å². The Labute approximate surface area is 154 Å². The van der Waals surface area contributed by atoms with Crippen molar-refractivity contribution in [2.45, 2.75) is 25.6 Å². The van der Waals surface area contributed by atoms with Gasteiger partial charge < -0.3 is 14.4 Å². The first kappa shape index (κ1) is 19.0. The lowest BCUT2D eigenvalue weighted by Gasteiger charge is -2.17. The Morgan fingerprint density at radius 1 is 1.26 bits per heavy atom. The number of hydrogen-bond donors (Lipinski definition) is 0. The van der Waals surface area contributed by atoms with Gasteiger partial charge in [-0.3, -0.25) is 4.79 Å². The molecule has 0 saturated carbocycles. The van der Waals surface area contributed by atoms with Gasteiger partial charge in [-0.2, -0.15) is 13.2 Å². The van der Waals surface area contributed by atoms with E-state index in [0.29, 0.717) is 25.4 Å². The number of likely N-dealkylation sites (tertiary alicyclic amines) is 1. The predicted molar refractivity (Wildman–Crippen MR) is 91.5 cm³/mol. The maximum Gasteiger partial charge on any atom is 0.416 e. The number of benzene rings is 1. The first-order valence-electron chi connectivity index (χ1n) is 8.49. The number of halogens is 3. The van der Waals surface area contributed by atoms with Crippen molar-refractivity contribution in [1.82, 2.24) is 9.88 Å². The highest BCUT2D eigenvalue weighted by Crippen LogP contribution is 2.31. The van der Waals surface area contributed by atoms with Crippen molar-refractivity contribution in [2.24, 2.45) is 0 Å². The van der Waals surface area contributed by atoms with E-state index in [-0.39, 0.29) is 24.4 Å². The summed E-state index contributed by atoms with van der Waals surface area (Å²) >= 11 is 0. The maximum absolute atomic E-state index is 12.7. The molecule has 1 atom stereocenters. The lowest BCUT2D eigenvalue weighted by atomic mass is 10.2. The number of nitrogens with zero attached hydrogens (tertiary/aromatic N) is 2. The second-order valence-corrected chi connectivity index (χ2v) is 6.30. The SMILES string of the molecule is Cc1cccc(OC2CCN(C(=O)COc3cccc(C(F)(F)F)c3)C2)n1. The van der Waals surface area contributed by atoms with E-state index in [4.69, 9.17) is 9.47 Å². The molecule has 1 unspecified atom stereocenters. The molecule has 2 heterocycles. The maximum atomic E-state index is 12.7. The fraction of sp³-hybridized carbons (Fsp3) is 0.368. The quantitative estimate of drug-likeness (QED) is 0.797. The lowest BCUT2D eigenvalue weighted by Crippen LogP contribution is -2.34. The summed E-state index contributed by atoms with van der Waals surface area (Å²) in [5.41, 5.74) is 0.0284. The summed E-state index contributed by atoms with van der Waals surface area (Å²) < 4.78 is 49.2. The van der Waals surface area contributed by atoms with Crippen molar-refractivity contribution in [1.29, 1.82) is 0 Å². The summed E-state index contributed by atoms with van der Waals surface area (Å²) in [6.45, 7) is 2.43. The summed E-state index contributed by atoms with van der Waals surface area (Å²) in [6, 6.07) is 9.94. The number of carbonyl (C=O) groups is 1. The van der Waals surface area contributed by atoms with E-state index >= 15 is 0 Å². The average Bonchev–Trinajstić information content (AvgIpc) is 3.08. The molecule has 27 heavy (non-hydrogen) atoms. The molecule has 1 fully saturated rings. The molecule has 0 spiro atoms. The van der Waals surface area contributed by atoms with Crippen molar-refractivity contribution in [3.05, 3.63) is 53.7 Å². The molecule has 0 aliphatic carbocycles. The highest BCUT2D eigenvalue weighted by molar-refractivity contribution is 5.78. The molecule has 1 amide bonds. The van der Waals surface area contributed by atoms with E-state index in [0.717, 1.165) is 17.8 Å². The number of aromatic nitrogens is 1. The molecule has 5 nitrogen and oxygen atoms in total. The summed E-state index contributed by atoms with van der Waals surface area (Å²) in [7, 11) is 0. The van der Waals surface area contributed by atoms with Crippen LogP contribution in [0.3, 0.4) is 0 Å². The van der Waals surface area contributed by atoms with Crippen molar-refractivity contribution >= 4 is 5.91 Å². The third kappa shape index (κ3) is 5.12. The topological polar surface area (TPSA) is 51.7 Å². The van der Waals surface area contributed by atoms with Gasteiger partial charge in [-0.1, -0.05) is 12.1 Å². The van der Waals surface area contributed by atoms with Gasteiger partial charge in [-0.15, -0.1) is 0 Å². The molecule has 3 rings (SSSR count). The van der Waals surface area contributed by atoms with E-state index < -0.39 is 11.7 Å². The van der Waals surface area contributed by atoms with Crippen LogP contribution in [0, 0.1) is 6.92 Å². The second-order valence-electron chi connectivity index (χ2n) is 6.30. The van der Waals surface area contributed by atoms with Crippen molar-refractivity contribution in [2.75, 3.05) is 19.7 Å². The number of aryl methyl sites for hydroxylation is 1. The fourth-order valence-corrected chi connectivity index (χ4v) is 2.80. The summed E-state index contributed by atoms with van der Waals surface area (Å²) in [6.07, 6.45) is -3.96. The minimum atomic E-state index is -4.45. The normalized spacial score (nSPS) is 17.0. The number of hydrogen-bond acceptors (Lipinski definition) is 4. The van der Waals surface area contributed by atoms with Gasteiger partial charge in [0.1, 0.15) is 11.9 Å². The van der Waals surface area contributed by atoms with E-state index in [9.17, 15) is 18.0 Å². The zero-order valence-electron chi connectivity index (χ0n) is 14.7. The molecule has 144 valence electrons. The van der Waals surface area contributed by atoms with Crippen molar-refractivity contribution in [3.8, 4) is 11.6 Å². The van der Waals surface area contributed by atoms with Gasteiger partial charge in [0.05, 0.1) is 12.1 Å². The summed E-state index contributed by atoms with van der Waals surface area (Å²) in [5.74, 6) is 0.222. The van der Waals surface area contributed by atoms with Gasteiger partial charge in [0, 0.05) is 24.7 Å². The molecule has 1 saturated heterocycles. The summed E-state index contributed by atoms with van der Waals surface area (Å²) in [5, 5.41) is 0. The average molecular weight is 380 g/mol. The predicted octanol–water partition coefficient (Wildman–Crippen LogP) is 3.47. The first-order valence-corrected chi connectivity index (χ1v) is 8.49. The number of alkyl halides is 3. The Kier molecular flexibility index (Phi) is 5.53. The Bertz CT molecular complexity index is 811. The molecule has 8 heteroatoms. The number of ether oxygens (including phenoxy) is 2. The Balaban J connectivity index is 1.51. The van der Waals surface area contributed by atoms with Gasteiger partial charge in [-0.25, -0.2) is 4.98 Å². The van der Waals surface area contributed by atoms with Crippen molar-refractivity contribution in [3.63, 3.8) is 0 Å². The molecule has 1 aromatic heterocycles. The van der Waals surface area contributed by atoms with E-state index in [2.05, 4.69) is 4.98 Å². The molecule has 1 aliphatic heterocycles. The van der Waals surface area contributed by atoms with Gasteiger partial charge >= 0.3 is 6.18 Å². The van der Waals surface area contributed by atoms with E-state index in [1.165, 1.54) is 12.1 Å². The molecular formula is C19H19F3N2O3. The molecular weight excluding hydrogens is 361 g/mol. The number of rotatable bonds is 5. The molecule has 0 N–H and O–H groups in total. The van der Waals surface area contributed by atoms with Crippen LogP contribution in [0.5, 0.6) is 11.6 Å². The van der Waals surface area contributed by atoms with Crippen LogP contribution in [0.4, 0.5) is 13.2 Å². The van der Waals surface area contributed by atoms with Crippen LogP contribution in [0.1, 0.15) is 17.7 Å². The Morgan fingerprint density at radius 3 is 2.78 bits per heavy atom. The Hall–Kier alpha value is -2.77. The highest BCUT2D eigenvalue weighted by atomic mass is 19.4. The van der Waals surface area contributed by atoms with Crippen molar-refractivity contribution < 1.29 is 27.4 Å². The second kappa shape index (κ2) is 7.85. The standard InChI is InChI=1S/C19H19F3N2O3/c1-13-4-2-7-17(23-13)27-16-8-9-24(11-16)18(25)12-26-15-6-3-5-14(10-15)19(20,21)22/h2-7,10,16H,8-9,11-12H2,1H3. The monoisotopic (exact) mass is 380 g/mol. The van der Waals surface area contributed by atoms with Crippen LogP contribution < -0.4 is 9.47 Å². The van der Waals surface area contributed by atoms with E-state index in [1.54, 1.807) is 11.0 Å². The largest absolute Gasteiger partial charge is 0.484 e. The Morgan fingerprint density at radius 2 is 2.04 bits per heavy atom. The van der Waals surface area contributed by atoms with Crippen LogP contribution >= 0.6 is 0 Å². The smallest absolute Gasteiger partial charge is 0.416 e. The summed E-state index contributed by atoms with van der Waals surface area (Å²) in [4.78, 5) is 18.1. The third-order valence-corrected chi connectivity index (χ3v) is 4.17. The first-order chi connectivity index (χ1) is 12.8. The fourth-order valence-electron chi connectivity index (χ4n) is 2.80. The number of carbonyl (C=O) groups excluding carboxylic acids is 1. The highest BCUT2D eigenvalue weighted by Gasteiger charge is 2.31. The zero-order chi connectivity index (χ0) is 19.4. The zero-order valence-corrected chi connectivity index (χ0v) is 14.7. The molecule has 1 aromatic carbocycles. The molecule has 0 bridgehead atoms. The van der Waals surface area contributed by atoms with Crippen LogP contribution in [-0.2, 0) is 11.0 Å². The van der Waals surface area contributed by atoms with Crippen LogP contribution in [0.15, 0.2) is 42.5 Å². The van der Waals surface area contributed by atoms with Gasteiger partial charge in [0.15, 0.2) is 6.61 Å². The number of amides is 1. The third-order valence-electron chi connectivity index (χ3n) is 4.17. The van der Waals surface area contributed by atoms with Gasteiger partial charge in [-0.05, 0) is 31.2 Å². The minimum absolute atomic E-state index is 0.00846. The van der Waals surface area contributed by atoms with Crippen LogP contribution in [-0.4, -0.2) is 41.6 Å². The minimum Gasteiger partial charge on any atom is -0.484 e. The van der Waals surface area contributed by atoms with Crippen LogP contribution in [0.2, 0.25) is 0 Å². The molecule has 2 aromatic rings. The number of pyridine rings is 1.